The van der Waals surface area contributed by atoms with Gasteiger partial charge in [-0.3, -0.25) is 19.3 Å². The summed E-state index contributed by atoms with van der Waals surface area (Å²) in [5.74, 6) is -8.19. The molecular formula is C21H21ClN2O8. The van der Waals surface area contributed by atoms with Crippen molar-refractivity contribution < 1.29 is 39.9 Å². The van der Waals surface area contributed by atoms with Crippen molar-refractivity contribution in [1.82, 2.24) is 4.90 Å². The number of likely N-dealkylation sites (N-methyl/N-ethyl adjacent to an activating group) is 1. The van der Waals surface area contributed by atoms with Gasteiger partial charge in [-0.15, -0.1) is 0 Å². The quantitative estimate of drug-likeness (QED) is 0.331. The van der Waals surface area contributed by atoms with E-state index in [4.69, 9.17) is 17.3 Å². The van der Waals surface area contributed by atoms with Crippen LogP contribution in [0.2, 0.25) is 5.02 Å². The first-order valence-corrected chi connectivity index (χ1v) is 10.1. The zero-order chi connectivity index (χ0) is 23.9. The van der Waals surface area contributed by atoms with Crippen LogP contribution in [-0.4, -0.2) is 73.6 Å². The maximum atomic E-state index is 13.6. The maximum absolute atomic E-state index is 13.6. The summed E-state index contributed by atoms with van der Waals surface area (Å²) in [5.41, 5.74) is 0.845. The van der Waals surface area contributed by atoms with Crippen LogP contribution in [0.25, 0.3) is 5.76 Å². The summed E-state index contributed by atoms with van der Waals surface area (Å²) in [7, 11) is 2.97. The number of rotatable bonds is 2. The predicted octanol–water partition coefficient (Wildman–Crippen LogP) is 0.108. The number of Topliss-reactive ketones (excluding diaryl/α,β-unsaturated/α-hetero) is 2. The van der Waals surface area contributed by atoms with E-state index in [9.17, 15) is 39.9 Å². The van der Waals surface area contributed by atoms with Crippen LogP contribution in [0, 0.1) is 11.8 Å². The number of aliphatic hydroxyl groups excluding tert-OH is 3. The van der Waals surface area contributed by atoms with Gasteiger partial charge in [0.1, 0.15) is 22.8 Å². The molecule has 0 aliphatic heterocycles. The zero-order valence-electron chi connectivity index (χ0n) is 17.0. The standard InChI is InChI=1S/C21H21ClN2O8/c1-24(2)14-7-5-6-10(16(27)12-9(25)4-3-8(22)11(12)15(6)26)18(29)21(7,32)19(30)13(17(14)28)20(23)31/h3-4,6-7,14-15,25-27,30,32H,5H2,1-2H3,(H2,23,31)/t6?,7-,14-,15-,21+/m0/s1. The molecule has 11 heteroatoms. The number of benzene rings is 1. The minimum absolute atomic E-state index is 0.00251. The van der Waals surface area contributed by atoms with E-state index in [1.54, 1.807) is 0 Å². The summed E-state index contributed by atoms with van der Waals surface area (Å²) in [6, 6.07) is 1.25. The van der Waals surface area contributed by atoms with Gasteiger partial charge in [0.15, 0.2) is 11.4 Å². The lowest BCUT2D eigenvalue weighted by molar-refractivity contribution is -0.155. The average molecular weight is 465 g/mol. The Morgan fingerprint density at radius 1 is 1.22 bits per heavy atom. The maximum Gasteiger partial charge on any atom is 0.255 e. The van der Waals surface area contributed by atoms with Crippen molar-refractivity contribution in [2.45, 2.75) is 24.2 Å². The van der Waals surface area contributed by atoms with Crippen LogP contribution in [0.5, 0.6) is 5.75 Å². The molecule has 1 amide bonds. The third-order valence-corrected chi connectivity index (χ3v) is 6.97. The fraction of sp³-hybridized carbons (Fsp3) is 0.381. The Morgan fingerprint density at radius 3 is 2.41 bits per heavy atom. The zero-order valence-corrected chi connectivity index (χ0v) is 17.8. The van der Waals surface area contributed by atoms with E-state index in [-0.39, 0.29) is 22.6 Å². The fourth-order valence-corrected chi connectivity index (χ4v) is 5.51. The Kier molecular flexibility index (Phi) is 4.90. The molecule has 4 rings (SSSR count). The van der Waals surface area contributed by atoms with E-state index in [1.165, 1.54) is 31.1 Å². The smallest absolute Gasteiger partial charge is 0.255 e. The van der Waals surface area contributed by atoms with Gasteiger partial charge in [-0.2, -0.15) is 0 Å². The van der Waals surface area contributed by atoms with Crippen molar-refractivity contribution in [3.05, 3.63) is 45.2 Å². The lowest BCUT2D eigenvalue weighted by Crippen LogP contribution is -2.66. The number of carbonyl (C=O) groups excluding carboxylic acids is 3. The van der Waals surface area contributed by atoms with Gasteiger partial charge in [0, 0.05) is 28.0 Å². The monoisotopic (exact) mass is 464 g/mol. The molecule has 32 heavy (non-hydrogen) atoms. The first kappa shape index (κ1) is 22.3. The van der Waals surface area contributed by atoms with E-state index in [2.05, 4.69) is 0 Å². The molecule has 5 atom stereocenters. The summed E-state index contributed by atoms with van der Waals surface area (Å²) < 4.78 is 0. The summed E-state index contributed by atoms with van der Waals surface area (Å²) in [5, 5.41) is 54.4. The number of primary amides is 1. The van der Waals surface area contributed by atoms with Crippen molar-refractivity contribution in [2.75, 3.05) is 14.1 Å². The number of nitrogens with zero attached hydrogens (tertiary/aromatic N) is 1. The summed E-state index contributed by atoms with van der Waals surface area (Å²) in [4.78, 5) is 39.8. The summed E-state index contributed by atoms with van der Waals surface area (Å²) >= 11 is 6.19. The van der Waals surface area contributed by atoms with Gasteiger partial charge < -0.3 is 31.3 Å². The lowest BCUT2D eigenvalue weighted by atomic mass is 9.57. The highest BCUT2D eigenvalue weighted by molar-refractivity contribution is 6.32. The molecule has 0 radical (unpaired) electrons. The second kappa shape index (κ2) is 7.04. The topological polar surface area (TPSA) is 182 Å². The number of hydrogen-bond donors (Lipinski definition) is 6. The molecule has 1 aromatic rings. The normalized spacial score (nSPS) is 32.1. The van der Waals surface area contributed by atoms with Crippen LogP contribution in [-0.2, 0) is 14.4 Å². The van der Waals surface area contributed by atoms with E-state index < -0.39 is 75.5 Å². The SMILES string of the molecule is CN(C)[C@@H]1C(=O)C(C(N)=O)=C(O)[C@]2(O)C(=O)C3=C(O)c4c(O)ccc(Cl)c4[C@@H](O)C3C[C@@H]12. The molecule has 7 N–H and O–H groups in total. The van der Waals surface area contributed by atoms with Crippen molar-refractivity contribution in [3.63, 3.8) is 0 Å². The Balaban J connectivity index is 2.03. The number of carbonyl (C=O) groups is 3. The summed E-state index contributed by atoms with van der Waals surface area (Å²) in [6.07, 6.45) is -1.70. The van der Waals surface area contributed by atoms with E-state index in [1.807, 2.05) is 0 Å². The number of ketones is 2. The molecule has 1 saturated carbocycles. The van der Waals surface area contributed by atoms with Gasteiger partial charge in [0.2, 0.25) is 5.78 Å². The van der Waals surface area contributed by atoms with Crippen molar-refractivity contribution in [1.29, 1.82) is 0 Å². The molecule has 0 aromatic heterocycles. The first-order valence-electron chi connectivity index (χ1n) is 9.69. The van der Waals surface area contributed by atoms with Crippen molar-refractivity contribution in [2.24, 2.45) is 17.6 Å². The van der Waals surface area contributed by atoms with Gasteiger partial charge in [-0.1, -0.05) is 11.6 Å². The van der Waals surface area contributed by atoms with E-state index in [0.717, 1.165) is 0 Å². The molecule has 10 nitrogen and oxygen atoms in total. The molecule has 0 saturated heterocycles. The Hall–Kier alpha value is -2.92. The van der Waals surface area contributed by atoms with Crippen LogP contribution >= 0.6 is 11.6 Å². The number of halogens is 1. The fourth-order valence-electron chi connectivity index (χ4n) is 5.24. The van der Waals surface area contributed by atoms with Crippen LogP contribution in [0.15, 0.2) is 29.0 Å². The number of phenolic OH excluding ortho intramolecular Hbond substituents is 1. The second-order valence-corrected chi connectivity index (χ2v) is 8.87. The molecular weight excluding hydrogens is 444 g/mol. The van der Waals surface area contributed by atoms with Gasteiger partial charge in [-0.05, 0) is 32.6 Å². The van der Waals surface area contributed by atoms with Gasteiger partial charge in [0.25, 0.3) is 5.91 Å². The number of nitrogens with two attached hydrogens (primary N) is 1. The molecule has 170 valence electrons. The molecule has 0 bridgehead atoms. The largest absolute Gasteiger partial charge is 0.508 e. The van der Waals surface area contributed by atoms with Gasteiger partial charge >= 0.3 is 0 Å². The van der Waals surface area contributed by atoms with Crippen molar-refractivity contribution in [3.8, 4) is 5.75 Å². The molecule has 3 aliphatic carbocycles. The van der Waals surface area contributed by atoms with Crippen LogP contribution < -0.4 is 5.73 Å². The third kappa shape index (κ3) is 2.61. The number of phenols is 1. The Labute approximate surface area is 186 Å². The third-order valence-electron chi connectivity index (χ3n) is 6.64. The highest BCUT2D eigenvalue weighted by Crippen LogP contribution is 2.56. The van der Waals surface area contributed by atoms with Gasteiger partial charge in [-0.25, -0.2) is 0 Å². The number of amides is 1. The molecule has 3 aliphatic rings. The number of hydrogen-bond acceptors (Lipinski definition) is 9. The van der Waals surface area contributed by atoms with Crippen LogP contribution in [0.4, 0.5) is 0 Å². The number of aromatic hydroxyl groups is 1. The highest BCUT2D eigenvalue weighted by Gasteiger charge is 2.65. The second-order valence-electron chi connectivity index (χ2n) is 8.47. The molecule has 0 heterocycles. The molecule has 1 aromatic carbocycles. The number of fused-ring (bicyclic) bond motifs is 3. The first-order chi connectivity index (χ1) is 14.8. The van der Waals surface area contributed by atoms with E-state index in [0.29, 0.717) is 0 Å². The predicted molar refractivity (Wildman–Crippen MR) is 111 cm³/mol. The van der Waals surface area contributed by atoms with Crippen molar-refractivity contribution >= 4 is 34.8 Å². The lowest BCUT2D eigenvalue weighted by Gasteiger charge is -2.51. The molecule has 1 unspecified atom stereocenters. The minimum Gasteiger partial charge on any atom is -0.508 e. The van der Waals surface area contributed by atoms with Crippen LogP contribution in [0.1, 0.15) is 23.7 Å². The average Bonchev–Trinajstić information content (AvgIpc) is 2.69. The van der Waals surface area contributed by atoms with E-state index >= 15 is 0 Å². The molecule has 1 fully saturated rings. The Bertz CT molecular complexity index is 1160. The Morgan fingerprint density at radius 2 is 1.84 bits per heavy atom. The molecule has 0 spiro atoms. The van der Waals surface area contributed by atoms with Gasteiger partial charge in [0.05, 0.1) is 17.7 Å². The highest BCUT2D eigenvalue weighted by atomic mass is 35.5. The summed E-state index contributed by atoms with van der Waals surface area (Å²) in [6.45, 7) is 0. The van der Waals surface area contributed by atoms with Crippen LogP contribution in [0.3, 0.4) is 0 Å². The number of aliphatic hydroxyl groups is 4. The minimum atomic E-state index is -2.77.